The molecule has 0 N–H and O–H groups in total. The van der Waals surface area contributed by atoms with Gasteiger partial charge < -0.3 is 4.90 Å². The molecule has 0 aromatic heterocycles. The lowest BCUT2D eigenvalue weighted by atomic mass is 10.00. The monoisotopic (exact) mass is 336 g/mol. The zero-order valence-electron chi connectivity index (χ0n) is 12.3. The molecule has 1 heterocycles. The number of fused-ring (bicyclic) bond motifs is 1. The van der Waals surface area contributed by atoms with E-state index in [9.17, 15) is 22.4 Å². The van der Waals surface area contributed by atoms with Crippen LogP contribution < -0.4 is 4.90 Å². The number of alkyl halides is 3. The molecular formula is C17H12F4N2O. The van der Waals surface area contributed by atoms with Crippen LogP contribution in [0.15, 0.2) is 53.5 Å². The normalized spacial score (nSPS) is 14.9. The van der Waals surface area contributed by atoms with E-state index in [1.54, 1.807) is 12.1 Å². The summed E-state index contributed by atoms with van der Waals surface area (Å²) in [5, 5.41) is 0. The van der Waals surface area contributed by atoms with Crippen LogP contribution in [0.4, 0.5) is 23.2 Å². The summed E-state index contributed by atoms with van der Waals surface area (Å²) in [4.78, 5) is 16.9. The standard InChI is InChI=1S/C17H12F4N2O/c18-13-7-3-1-5-11(13)16-12-6-2-4-8-14(12)23(10-17(19,20)21)15(24)9-22-16/h1-8H,9-10H2. The SMILES string of the molecule is O=C1CN=C(c2ccccc2F)c2ccccc2N1CC(F)(F)F. The van der Waals surface area contributed by atoms with Gasteiger partial charge in [-0.25, -0.2) is 4.39 Å². The number of halogens is 4. The molecule has 0 atom stereocenters. The zero-order valence-corrected chi connectivity index (χ0v) is 12.3. The number of anilines is 1. The van der Waals surface area contributed by atoms with Crippen LogP contribution in [-0.4, -0.2) is 30.9 Å². The van der Waals surface area contributed by atoms with E-state index in [1.807, 2.05) is 0 Å². The third-order valence-corrected chi connectivity index (χ3v) is 3.59. The average Bonchev–Trinajstić information content (AvgIpc) is 2.65. The predicted octanol–water partition coefficient (Wildman–Crippen LogP) is 3.57. The van der Waals surface area contributed by atoms with Gasteiger partial charge in [0, 0.05) is 11.1 Å². The van der Waals surface area contributed by atoms with Crippen LogP contribution in [0.2, 0.25) is 0 Å². The third-order valence-electron chi connectivity index (χ3n) is 3.59. The van der Waals surface area contributed by atoms with E-state index >= 15 is 0 Å². The maximum atomic E-state index is 14.1. The molecule has 0 bridgehead atoms. The van der Waals surface area contributed by atoms with Crippen LogP contribution in [-0.2, 0) is 4.79 Å². The summed E-state index contributed by atoms with van der Waals surface area (Å²) < 4.78 is 52.6. The number of para-hydroxylation sites is 1. The molecule has 0 unspecified atom stereocenters. The van der Waals surface area contributed by atoms with Crippen LogP contribution in [0.25, 0.3) is 0 Å². The van der Waals surface area contributed by atoms with Gasteiger partial charge in [0.1, 0.15) is 18.9 Å². The van der Waals surface area contributed by atoms with Crippen molar-refractivity contribution < 1.29 is 22.4 Å². The second-order valence-corrected chi connectivity index (χ2v) is 5.26. The van der Waals surface area contributed by atoms with E-state index in [2.05, 4.69) is 4.99 Å². The zero-order chi connectivity index (χ0) is 17.3. The highest BCUT2D eigenvalue weighted by molar-refractivity contribution is 6.19. The van der Waals surface area contributed by atoms with Crippen molar-refractivity contribution in [2.24, 2.45) is 4.99 Å². The van der Waals surface area contributed by atoms with Crippen molar-refractivity contribution in [1.29, 1.82) is 0 Å². The van der Waals surface area contributed by atoms with E-state index in [0.717, 1.165) is 0 Å². The van der Waals surface area contributed by atoms with Crippen LogP contribution in [0.3, 0.4) is 0 Å². The first-order valence-electron chi connectivity index (χ1n) is 7.13. The van der Waals surface area contributed by atoms with Crippen molar-refractivity contribution in [3.05, 3.63) is 65.5 Å². The molecule has 2 aromatic rings. The van der Waals surface area contributed by atoms with Crippen LogP contribution in [0.1, 0.15) is 11.1 Å². The van der Waals surface area contributed by atoms with Gasteiger partial charge in [-0.2, -0.15) is 13.2 Å². The van der Waals surface area contributed by atoms with Gasteiger partial charge in [0.05, 0.1) is 11.4 Å². The van der Waals surface area contributed by atoms with E-state index in [0.29, 0.717) is 4.90 Å². The molecular weight excluding hydrogens is 324 g/mol. The molecule has 124 valence electrons. The minimum atomic E-state index is -4.55. The molecule has 0 fully saturated rings. The molecule has 24 heavy (non-hydrogen) atoms. The fraction of sp³-hybridized carbons (Fsp3) is 0.176. The third kappa shape index (κ3) is 3.15. The van der Waals surface area contributed by atoms with Gasteiger partial charge in [-0.05, 0) is 18.2 Å². The summed E-state index contributed by atoms with van der Waals surface area (Å²) in [5.41, 5.74) is 0.672. The summed E-state index contributed by atoms with van der Waals surface area (Å²) in [6.07, 6.45) is -4.55. The average molecular weight is 336 g/mol. The Morgan fingerprint density at radius 2 is 1.62 bits per heavy atom. The summed E-state index contributed by atoms with van der Waals surface area (Å²) in [6.45, 7) is -1.89. The highest BCUT2D eigenvalue weighted by Crippen LogP contribution is 2.30. The van der Waals surface area contributed by atoms with E-state index in [-0.39, 0.29) is 22.5 Å². The van der Waals surface area contributed by atoms with Crippen molar-refractivity contribution >= 4 is 17.3 Å². The lowest BCUT2D eigenvalue weighted by Gasteiger charge is -2.24. The van der Waals surface area contributed by atoms with Gasteiger partial charge in [-0.3, -0.25) is 9.79 Å². The summed E-state index contributed by atoms with van der Waals surface area (Å²) in [6, 6.07) is 11.9. The van der Waals surface area contributed by atoms with Gasteiger partial charge in [-0.15, -0.1) is 0 Å². The molecule has 0 spiro atoms. The molecule has 2 aromatic carbocycles. The molecule has 0 saturated heterocycles. The number of amides is 1. The number of benzodiazepines with no additional fused rings is 1. The molecule has 1 aliphatic heterocycles. The van der Waals surface area contributed by atoms with Crippen LogP contribution in [0.5, 0.6) is 0 Å². The van der Waals surface area contributed by atoms with Gasteiger partial charge in [0.15, 0.2) is 0 Å². The predicted molar refractivity (Wildman–Crippen MR) is 81.8 cm³/mol. The lowest BCUT2D eigenvalue weighted by molar-refractivity contribution is -0.131. The molecule has 1 amide bonds. The highest BCUT2D eigenvalue weighted by atomic mass is 19.4. The summed E-state index contributed by atoms with van der Waals surface area (Å²) >= 11 is 0. The second-order valence-electron chi connectivity index (χ2n) is 5.26. The number of nitrogens with zero attached hydrogens (tertiary/aromatic N) is 2. The molecule has 1 aliphatic rings. The summed E-state index contributed by atoms with van der Waals surface area (Å²) in [7, 11) is 0. The number of carbonyl (C=O) groups excluding carboxylic acids is 1. The minimum absolute atomic E-state index is 0.0688. The molecule has 0 radical (unpaired) electrons. The largest absolute Gasteiger partial charge is 0.406 e. The van der Waals surface area contributed by atoms with Crippen molar-refractivity contribution in [1.82, 2.24) is 0 Å². The Kier molecular flexibility index (Phi) is 4.09. The molecule has 0 aliphatic carbocycles. The van der Waals surface area contributed by atoms with Crippen molar-refractivity contribution in [2.75, 3.05) is 18.0 Å². The fourth-order valence-corrected chi connectivity index (χ4v) is 2.60. The van der Waals surface area contributed by atoms with Crippen molar-refractivity contribution in [2.45, 2.75) is 6.18 Å². The fourth-order valence-electron chi connectivity index (χ4n) is 2.60. The first kappa shape index (κ1) is 16.2. The van der Waals surface area contributed by atoms with E-state index in [1.165, 1.54) is 36.4 Å². The number of hydrogen-bond acceptors (Lipinski definition) is 2. The van der Waals surface area contributed by atoms with Crippen molar-refractivity contribution in [3.63, 3.8) is 0 Å². The van der Waals surface area contributed by atoms with Gasteiger partial charge >= 0.3 is 6.18 Å². The Bertz CT molecular complexity index is 814. The Hall–Kier alpha value is -2.70. The Morgan fingerprint density at radius 1 is 1.00 bits per heavy atom. The van der Waals surface area contributed by atoms with E-state index < -0.39 is 31.0 Å². The van der Waals surface area contributed by atoms with Gasteiger partial charge in [0.2, 0.25) is 5.91 Å². The highest BCUT2D eigenvalue weighted by Gasteiger charge is 2.36. The Morgan fingerprint density at radius 3 is 2.29 bits per heavy atom. The number of carbonyl (C=O) groups is 1. The first-order valence-corrected chi connectivity index (χ1v) is 7.13. The van der Waals surface area contributed by atoms with Gasteiger partial charge in [0.25, 0.3) is 0 Å². The second kappa shape index (κ2) is 6.07. The Labute approximate surface area is 135 Å². The topological polar surface area (TPSA) is 32.7 Å². The summed E-state index contributed by atoms with van der Waals surface area (Å²) in [5.74, 6) is -1.34. The molecule has 7 heteroatoms. The molecule has 0 saturated carbocycles. The number of hydrogen-bond donors (Lipinski definition) is 0. The smallest absolute Gasteiger partial charge is 0.301 e. The minimum Gasteiger partial charge on any atom is -0.301 e. The maximum absolute atomic E-state index is 14.1. The molecule has 3 nitrogen and oxygen atoms in total. The first-order chi connectivity index (χ1) is 11.4. The van der Waals surface area contributed by atoms with Crippen LogP contribution >= 0.6 is 0 Å². The Balaban J connectivity index is 2.15. The maximum Gasteiger partial charge on any atom is 0.406 e. The number of aliphatic imine (C=N–C) groups is 1. The number of benzene rings is 2. The lowest BCUT2D eigenvalue weighted by Crippen LogP contribution is -2.40. The van der Waals surface area contributed by atoms with E-state index in [4.69, 9.17) is 0 Å². The quantitative estimate of drug-likeness (QED) is 0.772. The van der Waals surface area contributed by atoms with Crippen molar-refractivity contribution in [3.8, 4) is 0 Å². The van der Waals surface area contributed by atoms with Crippen LogP contribution in [0, 0.1) is 5.82 Å². The number of rotatable bonds is 2. The molecule has 3 rings (SSSR count). The van der Waals surface area contributed by atoms with Gasteiger partial charge in [-0.1, -0.05) is 30.3 Å².